The number of anilines is 1. The van der Waals surface area contributed by atoms with Crippen molar-refractivity contribution in [2.45, 2.75) is 47.0 Å². The zero-order valence-corrected chi connectivity index (χ0v) is 13.4. The van der Waals surface area contributed by atoms with E-state index in [1.54, 1.807) is 6.92 Å². The van der Waals surface area contributed by atoms with Crippen LogP contribution < -0.4 is 10.6 Å². The summed E-state index contributed by atoms with van der Waals surface area (Å²) in [6, 6.07) is -0.261. The van der Waals surface area contributed by atoms with E-state index >= 15 is 0 Å². The van der Waals surface area contributed by atoms with E-state index in [0.717, 1.165) is 6.42 Å². The minimum atomic E-state index is -0.261. The third kappa shape index (κ3) is 5.75. The topological polar surface area (TPSA) is 87.4 Å². The summed E-state index contributed by atoms with van der Waals surface area (Å²) >= 11 is 0. The molecule has 0 fully saturated rings. The van der Waals surface area contributed by atoms with Crippen LogP contribution in [0.3, 0.4) is 0 Å². The third-order valence-electron chi connectivity index (χ3n) is 3.39. The molecule has 2 amide bonds. The highest BCUT2D eigenvalue weighted by atomic mass is 16.5. The smallest absolute Gasteiger partial charge is 0.319 e. The van der Waals surface area contributed by atoms with Crippen LogP contribution >= 0.6 is 0 Å². The van der Waals surface area contributed by atoms with Crippen molar-refractivity contribution in [1.29, 1.82) is 0 Å². The van der Waals surface area contributed by atoms with Crippen LogP contribution in [0.1, 0.15) is 45.1 Å². The van der Waals surface area contributed by atoms with Crippen LogP contribution in [0.4, 0.5) is 10.5 Å². The standard InChI is InChI=1S/C15H27N3O3/c1-5-13-14(11(4)18-21-13)17-15(20)16-9-12(6-7-19)8-10(2)3/h10,12,19H,5-9H2,1-4H3,(H2,16,17,20). The van der Waals surface area contributed by atoms with Gasteiger partial charge in [-0.3, -0.25) is 0 Å². The van der Waals surface area contributed by atoms with Gasteiger partial charge in [-0.05, 0) is 31.6 Å². The molecule has 1 rings (SSSR count). The number of carbonyl (C=O) groups excluding carboxylic acids is 1. The number of carbonyl (C=O) groups is 1. The van der Waals surface area contributed by atoms with Crippen LogP contribution in [0, 0.1) is 18.8 Å². The SMILES string of the molecule is CCc1onc(C)c1NC(=O)NCC(CCO)CC(C)C. The molecule has 6 heteroatoms. The minimum absolute atomic E-state index is 0.144. The van der Waals surface area contributed by atoms with Crippen molar-refractivity contribution in [3.05, 3.63) is 11.5 Å². The fraction of sp³-hybridized carbons (Fsp3) is 0.733. The van der Waals surface area contributed by atoms with Gasteiger partial charge < -0.3 is 20.3 Å². The van der Waals surface area contributed by atoms with Gasteiger partial charge in [0.2, 0.25) is 0 Å². The average molecular weight is 297 g/mol. The fourth-order valence-corrected chi connectivity index (χ4v) is 2.37. The molecule has 0 spiro atoms. The number of aliphatic hydroxyl groups is 1. The molecule has 1 aromatic heterocycles. The van der Waals surface area contributed by atoms with Crippen molar-refractivity contribution in [3.63, 3.8) is 0 Å². The first-order chi connectivity index (χ1) is 9.97. The number of aliphatic hydroxyl groups excluding tert-OH is 1. The molecule has 1 heterocycles. The minimum Gasteiger partial charge on any atom is -0.396 e. The predicted octanol–water partition coefficient (Wildman–Crippen LogP) is 2.71. The molecular formula is C15H27N3O3. The Kier molecular flexibility index (Phi) is 7.22. The van der Waals surface area contributed by atoms with Crippen molar-refractivity contribution in [2.75, 3.05) is 18.5 Å². The Morgan fingerprint density at radius 3 is 2.71 bits per heavy atom. The molecule has 120 valence electrons. The maximum Gasteiger partial charge on any atom is 0.319 e. The highest BCUT2D eigenvalue weighted by Gasteiger charge is 2.16. The molecule has 0 aliphatic heterocycles. The van der Waals surface area contributed by atoms with E-state index in [9.17, 15) is 4.79 Å². The number of amides is 2. The molecule has 0 bridgehead atoms. The Labute approximate surface area is 126 Å². The molecule has 0 aliphatic rings. The van der Waals surface area contributed by atoms with Gasteiger partial charge in [-0.1, -0.05) is 25.9 Å². The number of aromatic nitrogens is 1. The van der Waals surface area contributed by atoms with E-state index in [1.165, 1.54) is 0 Å². The summed E-state index contributed by atoms with van der Waals surface area (Å²) in [6.45, 7) is 8.72. The van der Waals surface area contributed by atoms with Gasteiger partial charge in [-0.2, -0.15) is 0 Å². The van der Waals surface area contributed by atoms with Crippen LogP contribution in [0.2, 0.25) is 0 Å². The molecule has 6 nitrogen and oxygen atoms in total. The van der Waals surface area contributed by atoms with Crippen LogP contribution in [-0.2, 0) is 6.42 Å². The van der Waals surface area contributed by atoms with Gasteiger partial charge in [0.15, 0.2) is 5.76 Å². The molecule has 1 unspecified atom stereocenters. The van der Waals surface area contributed by atoms with E-state index in [2.05, 4.69) is 29.6 Å². The van der Waals surface area contributed by atoms with Crippen molar-refractivity contribution in [2.24, 2.45) is 11.8 Å². The number of hydrogen-bond donors (Lipinski definition) is 3. The Morgan fingerprint density at radius 1 is 1.43 bits per heavy atom. The number of rotatable bonds is 8. The largest absolute Gasteiger partial charge is 0.396 e. The second kappa shape index (κ2) is 8.67. The Bertz CT molecular complexity index is 443. The van der Waals surface area contributed by atoms with E-state index in [1.807, 2.05) is 6.92 Å². The summed E-state index contributed by atoms with van der Waals surface area (Å²) in [5.74, 6) is 1.50. The van der Waals surface area contributed by atoms with Crippen molar-refractivity contribution in [1.82, 2.24) is 10.5 Å². The Morgan fingerprint density at radius 2 is 2.14 bits per heavy atom. The maximum absolute atomic E-state index is 12.0. The van der Waals surface area contributed by atoms with Crippen molar-refractivity contribution in [3.8, 4) is 0 Å². The van der Waals surface area contributed by atoms with Crippen molar-refractivity contribution < 1.29 is 14.4 Å². The lowest BCUT2D eigenvalue weighted by molar-refractivity contribution is 0.231. The molecule has 0 saturated heterocycles. The summed E-state index contributed by atoms with van der Waals surface area (Å²) in [5.41, 5.74) is 1.33. The highest BCUT2D eigenvalue weighted by Crippen LogP contribution is 2.20. The molecule has 21 heavy (non-hydrogen) atoms. The van der Waals surface area contributed by atoms with E-state index in [-0.39, 0.29) is 18.6 Å². The highest BCUT2D eigenvalue weighted by molar-refractivity contribution is 5.90. The van der Waals surface area contributed by atoms with Crippen molar-refractivity contribution >= 4 is 11.7 Å². The molecule has 0 radical (unpaired) electrons. The van der Waals surface area contributed by atoms with Gasteiger partial charge in [0.1, 0.15) is 11.4 Å². The van der Waals surface area contributed by atoms with Gasteiger partial charge in [-0.15, -0.1) is 0 Å². The lowest BCUT2D eigenvalue weighted by atomic mass is 9.94. The summed E-state index contributed by atoms with van der Waals surface area (Å²) in [6.07, 6.45) is 2.36. The van der Waals surface area contributed by atoms with E-state index in [4.69, 9.17) is 9.63 Å². The normalized spacial score (nSPS) is 12.5. The molecule has 3 N–H and O–H groups in total. The third-order valence-corrected chi connectivity index (χ3v) is 3.39. The maximum atomic E-state index is 12.0. The molecule has 0 saturated carbocycles. The first-order valence-electron chi connectivity index (χ1n) is 7.58. The van der Waals surface area contributed by atoms with Crippen LogP contribution in [0.15, 0.2) is 4.52 Å². The second-order valence-electron chi connectivity index (χ2n) is 5.76. The number of hydrogen-bond acceptors (Lipinski definition) is 4. The van der Waals surface area contributed by atoms with Crippen LogP contribution in [-0.4, -0.2) is 29.4 Å². The summed E-state index contributed by atoms with van der Waals surface area (Å²) in [5, 5.41) is 18.6. The quantitative estimate of drug-likeness (QED) is 0.688. The van der Waals surface area contributed by atoms with Crippen LogP contribution in [0.25, 0.3) is 0 Å². The predicted molar refractivity (Wildman–Crippen MR) is 82.3 cm³/mol. The van der Waals surface area contributed by atoms with Gasteiger partial charge in [-0.25, -0.2) is 4.79 Å². The second-order valence-corrected chi connectivity index (χ2v) is 5.76. The average Bonchev–Trinajstić information content (AvgIpc) is 2.77. The summed E-state index contributed by atoms with van der Waals surface area (Å²) in [4.78, 5) is 12.0. The van der Waals surface area contributed by atoms with E-state index in [0.29, 0.717) is 42.4 Å². The van der Waals surface area contributed by atoms with Gasteiger partial charge in [0.05, 0.1) is 0 Å². The fourth-order valence-electron chi connectivity index (χ4n) is 2.37. The number of urea groups is 1. The first-order valence-corrected chi connectivity index (χ1v) is 7.58. The van der Waals surface area contributed by atoms with E-state index < -0.39 is 0 Å². The molecule has 0 aromatic carbocycles. The summed E-state index contributed by atoms with van der Waals surface area (Å²) < 4.78 is 5.14. The summed E-state index contributed by atoms with van der Waals surface area (Å²) in [7, 11) is 0. The lowest BCUT2D eigenvalue weighted by Gasteiger charge is -2.18. The van der Waals surface area contributed by atoms with Gasteiger partial charge >= 0.3 is 6.03 Å². The number of aryl methyl sites for hydroxylation is 2. The number of nitrogens with one attached hydrogen (secondary N) is 2. The Hall–Kier alpha value is -1.56. The lowest BCUT2D eigenvalue weighted by Crippen LogP contribution is -2.34. The number of nitrogens with zero attached hydrogens (tertiary/aromatic N) is 1. The zero-order chi connectivity index (χ0) is 15.8. The van der Waals surface area contributed by atoms with Crippen LogP contribution in [0.5, 0.6) is 0 Å². The monoisotopic (exact) mass is 297 g/mol. The molecule has 0 aliphatic carbocycles. The van der Waals surface area contributed by atoms with Gasteiger partial charge in [0.25, 0.3) is 0 Å². The molecular weight excluding hydrogens is 270 g/mol. The van der Waals surface area contributed by atoms with Gasteiger partial charge in [0, 0.05) is 19.6 Å². The zero-order valence-electron chi connectivity index (χ0n) is 13.4. The first kappa shape index (κ1) is 17.5. The molecule has 1 aromatic rings. The molecule has 1 atom stereocenters. The Balaban J connectivity index is 2.50.